The maximum absolute atomic E-state index is 14.5. The molecule has 0 unspecified atom stereocenters. The minimum Gasteiger partial charge on any atom is -0.429 e. The van der Waals surface area contributed by atoms with Gasteiger partial charge in [-0.05, 0) is 98.1 Å². The normalized spacial score (nSPS) is 26.3. The van der Waals surface area contributed by atoms with Crippen LogP contribution in [0.4, 0.5) is 13.2 Å². The highest BCUT2D eigenvalue weighted by molar-refractivity contribution is 5.35. The Kier molecular flexibility index (Phi) is 6.79. The Morgan fingerprint density at radius 2 is 1.47 bits per heavy atom. The number of hydrogen-bond acceptors (Lipinski definition) is 2. The van der Waals surface area contributed by atoms with E-state index < -0.39 is 17.5 Å². The Labute approximate surface area is 188 Å². The lowest BCUT2D eigenvalue weighted by Gasteiger charge is -2.37. The van der Waals surface area contributed by atoms with Crippen molar-refractivity contribution in [2.45, 2.75) is 70.3 Å². The summed E-state index contributed by atoms with van der Waals surface area (Å²) in [5.41, 5.74) is 0.274. The van der Waals surface area contributed by atoms with Crippen LogP contribution < -0.4 is 4.74 Å². The first-order valence-corrected chi connectivity index (χ1v) is 11.7. The van der Waals surface area contributed by atoms with E-state index in [0.717, 1.165) is 42.7 Å². The molecule has 170 valence electrons. The molecule has 2 saturated carbocycles. The maximum Gasteiger partial charge on any atom is 0.426 e. The van der Waals surface area contributed by atoms with E-state index in [0.29, 0.717) is 12.0 Å². The molecule has 5 heteroatoms. The summed E-state index contributed by atoms with van der Waals surface area (Å²) in [6.07, 6.45) is 6.60. The highest BCUT2D eigenvalue weighted by atomic mass is 19.3. The van der Waals surface area contributed by atoms with Crippen LogP contribution in [0.3, 0.4) is 0 Å². The molecule has 0 heterocycles. The fraction of sp³-hybridized carbons (Fsp3) is 0.519. The van der Waals surface area contributed by atoms with Gasteiger partial charge in [-0.1, -0.05) is 31.9 Å². The second-order valence-corrected chi connectivity index (χ2v) is 9.63. The van der Waals surface area contributed by atoms with Gasteiger partial charge in [-0.25, -0.2) is 4.39 Å². The summed E-state index contributed by atoms with van der Waals surface area (Å²) in [6, 6.07) is 11.2. The summed E-state index contributed by atoms with van der Waals surface area (Å²) < 4.78 is 47.6. The summed E-state index contributed by atoms with van der Waals surface area (Å²) >= 11 is 0. The van der Waals surface area contributed by atoms with Crippen LogP contribution in [0.1, 0.15) is 80.9 Å². The van der Waals surface area contributed by atoms with Crippen LogP contribution in [-0.2, 0) is 6.11 Å². The molecule has 0 spiro atoms. The molecular formula is C27H30F3NO. The van der Waals surface area contributed by atoms with Crippen LogP contribution >= 0.6 is 0 Å². The first-order chi connectivity index (χ1) is 15.4. The van der Waals surface area contributed by atoms with E-state index in [1.165, 1.54) is 44.1 Å². The molecular weight excluding hydrogens is 411 g/mol. The van der Waals surface area contributed by atoms with Gasteiger partial charge in [-0.3, -0.25) is 0 Å². The van der Waals surface area contributed by atoms with Gasteiger partial charge < -0.3 is 4.74 Å². The van der Waals surface area contributed by atoms with E-state index in [1.54, 1.807) is 18.2 Å². The fourth-order valence-electron chi connectivity index (χ4n) is 5.48. The van der Waals surface area contributed by atoms with E-state index in [9.17, 15) is 13.2 Å². The molecule has 0 saturated heterocycles. The van der Waals surface area contributed by atoms with Crippen molar-refractivity contribution in [3.05, 3.63) is 65.0 Å². The van der Waals surface area contributed by atoms with Gasteiger partial charge in [0.25, 0.3) is 0 Å². The molecule has 0 atom stereocenters. The van der Waals surface area contributed by atoms with E-state index >= 15 is 0 Å². The Balaban J connectivity index is 1.34. The topological polar surface area (TPSA) is 33.0 Å². The standard InChI is InChI=1S/C27H30F3NO/c1-18-2-4-19(5-3-18)20-6-8-21(9-7-20)22-11-14-25(15-12-22)32-27(29,30)24-13-10-23(17-31)26(28)16-24/h10-16,18-21H,2-9H2,1H3. The highest BCUT2D eigenvalue weighted by Crippen LogP contribution is 2.44. The average Bonchev–Trinajstić information content (AvgIpc) is 2.80. The lowest BCUT2D eigenvalue weighted by atomic mass is 9.68. The van der Waals surface area contributed by atoms with Gasteiger partial charge in [0.15, 0.2) is 0 Å². The van der Waals surface area contributed by atoms with Crippen molar-refractivity contribution in [2.24, 2.45) is 17.8 Å². The Bertz CT molecular complexity index is 950. The molecule has 2 aromatic rings. The zero-order valence-corrected chi connectivity index (χ0v) is 18.5. The minimum atomic E-state index is -3.69. The third-order valence-corrected chi connectivity index (χ3v) is 7.52. The molecule has 2 aliphatic carbocycles. The van der Waals surface area contributed by atoms with E-state index in [4.69, 9.17) is 10.00 Å². The molecule has 2 aliphatic rings. The monoisotopic (exact) mass is 441 g/mol. The average molecular weight is 442 g/mol. The minimum absolute atomic E-state index is 0.0357. The molecule has 0 radical (unpaired) electrons. The van der Waals surface area contributed by atoms with Crippen LogP contribution in [0.5, 0.6) is 5.75 Å². The maximum atomic E-state index is 14.5. The van der Waals surface area contributed by atoms with Crippen LogP contribution in [0.25, 0.3) is 0 Å². The van der Waals surface area contributed by atoms with E-state index in [1.807, 2.05) is 12.1 Å². The first-order valence-electron chi connectivity index (χ1n) is 11.7. The molecule has 2 aromatic carbocycles. The van der Waals surface area contributed by atoms with Gasteiger partial charge in [-0.2, -0.15) is 14.0 Å². The summed E-state index contributed by atoms with van der Waals surface area (Å²) in [4.78, 5) is 0. The Morgan fingerprint density at radius 3 is 2.03 bits per heavy atom. The smallest absolute Gasteiger partial charge is 0.426 e. The summed E-state index contributed by atoms with van der Waals surface area (Å²) in [5, 5.41) is 8.76. The predicted molar refractivity (Wildman–Crippen MR) is 118 cm³/mol. The van der Waals surface area contributed by atoms with Crippen molar-refractivity contribution in [1.29, 1.82) is 5.26 Å². The van der Waals surface area contributed by atoms with Gasteiger partial charge >= 0.3 is 6.11 Å². The molecule has 0 N–H and O–H groups in total. The SMILES string of the molecule is CC1CCC(C2CCC(c3ccc(OC(F)(F)c4ccc(C#N)c(F)c4)cc3)CC2)CC1. The lowest BCUT2D eigenvalue weighted by molar-refractivity contribution is -0.185. The first kappa shape index (κ1) is 22.7. The number of rotatable bonds is 5. The Hall–Kier alpha value is -2.48. The molecule has 0 amide bonds. The summed E-state index contributed by atoms with van der Waals surface area (Å²) in [6.45, 7) is 2.36. The predicted octanol–water partition coefficient (Wildman–Crippen LogP) is 7.93. The number of nitriles is 1. The van der Waals surface area contributed by atoms with E-state index in [-0.39, 0.29) is 11.3 Å². The molecule has 4 rings (SSSR count). The van der Waals surface area contributed by atoms with Gasteiger partial charge in [0.2, 0.25) is 0 Å². The van der Waals surface area contributed by atoms with Gasteiger partial charge in [0, 0.05) is 0 Å². The van der Waals surface area contributed by atoms with Crippen LogP contribution in [-0.4, -0.2) is 0 Å². The number of hydrogen-bond donors (Lipinski definition) is 0. The zero-order valence-electron chi connectivity index (χ0n) is 18.5. The molecule has 0 aliphatic heterocycles. The highest BCUT2D eigenvalue weighted by Gasteiger charge is 2.35. The van der Waals surface area contributed by atoms with Gasteiger partial charge in [0.05, 0.1) is 11.1 Å². The molecule has 32 heavy (non-hydrogen) atoms. The third-order valence-electron chi connectivity index (χ3n) is 7.52. The van der Waals surface area contributed by atoms with Crippen molar-refractivity contribution in [2.75, 3.05) is 0 Å². The van der Waals surface area contributed by atoms with Crippen molar-refractivity contribution in [1.82, 2.24) is 0 Å². The number of halogens is 3. The number of ether oxygens (including phenoxy) is 1. The zero-order chi connectivity index (χ0) is 22.7. The van der Waals surface area contributed by atoms with Crippen LogP contribution in [0.2, 0.25) is 0 Å². The van der Waals surface area contributed by atoms with Gasteiger partial charge in [-0.15, -0.1) is 0 Å². The van der Waals surface area contributed by atoms with Gasteiger partial charge in [0.1, 0.15) is 17.6 Å². The molecule has 0 bridgehead atoms. The summed E-state index contributed by atoms with van der Waals surface area (Å²) in [7, 11) is 0. The van der Waals surface area contributed by atoms with Crippen molar-refractivity contribution < 1.29 is 17.9 Å². The molecule has 0 aromatic heterocycles. The Morgan fingerprint density at radius 1 is 0.875 bits per heavy atom. The number of nitrogens with zero attached hydrogens (tertiary/aromatic N) is 1. The van der Waals surface area contributed by atoms with Crippen molar-refractivity contribution in [3.63, 3.8) is 0 Å². The van der Waals surface area contributed by atoms with Crippen molar-refractivity contribution in [3.8, 4) is 11.8 Å². The fourth-order valence-corrected chi connectivity index (χ4v) is 5.48. The van der Waals surface area contributed by atoms with E-state index in [2.05, 4.69) is 6.92 Å². The van der Waals surface area contributed by atoms with Crippen LogP contribution in [0.15, 0.2) is 42.5 Å². The third kappa shape index (κ3) is 5.11. The molecule has 2 fully saturated rings. The van der Waals surface area contributed by atoms with Crippen LogP contribution in [0, 0.1) is 34.9 Å². The molecule has 2 nitrogen and oxygen atoms in total. The van der Waals surface area contributed by atoms with Crippen molar-refractivity contribution >= 4 is 0 Å². The number of benzene rings is 2. The summed E-state index contributed by atoms with van der Waals surface area (Å²) in [5.74, 6) is 2.13. The second-order valence-electron chi connectivity index (χ2n) is 9.63. The largest absolute Gasteiger partial charge is 0.429 e. The lowest BCUT2D eigenvalue weighted by Crippen LogP contribution is -2.24. The number of alkyl halides is 2. The second kappa shape index (κ2) is 9.57. The quantitative estimate of drug-likeness (QED) is 0.472.